The van der Waals surface area contributed by atoms with Gasteiger partial charge in [-0.3, -0.25) is 4.79 Å². The summed E-state index contributed by atoms with van der Waals surface area (Å²) in [4.78, 5) is 30.8. The number of benzene rings is 2. The Morgan fingerprint density at radius 1 is 1.10 bits per heavy atom. The van der Waals surface area contributed by atoms with Crippen LogP contribution < -0.4 is 0 Å². The van der Waals surface area contributed by atoms with Crippen molar-refractivity contribution in [3.05, 3.63) is 77.5 Å². The van der Waals surface area contributed by atoms with Crippen LogP contribution in [0.5, 0.6) is 0 Å². The Kier molecular flexibility index (Phi) is 4.05. The maximum atomic E-state index is 13.2. The van der Waals surface area contributed by atoms with Crippen molar-refractivity contribution in [2.24, 2.45) is 0 Å². The monoisotopic (exact) mass is 386 g/mol. The Bertz CT molecular complexity index is 1160. The van der Waals surface area contributed by atoms with E-state index in [1.165, 1.54) is 16.5 Å². The molecule has 1 amide bonds. The van der Waals surface area contributed by atoms with E-state index in [0.29, 0.717) is 25.1 Å². The van der Waals surface area contributed by atoms with Crippen LogP contribution in [0.4, 0.5) is 0 Å². The third-order valence-corrected chi connectivity index (χ3v) is 5.97. The zero-order valence-electron chi connectivity index (χ0n) is 16.3. The minimum atomic E-state index is -1.16. The van der Waals surface area contributed by atoms with Crippen molar-refractivity contribution in [3.8, 4) is 0 Å². The molecule has 29 heavy (non-hydrogen) atoms. The second-order valence-electron chi connectivity index (χ2n) is 7.93. The molecule has 1 atom stereocenters. The summed E-state index contributed by atoms with van der Waals surface area (Å²) in [5.74, 6) is -0.552. The lowest BCUT2D eigenvalue weighted by Gasteiger charge is -2.38. The minimum absolute atomic E-state index is 0.130. The number of hydrogen-bond donors (Lipinski definition) is 1. The van der Waals surface area contributed by atoms with E-state index in [1.807, 2.05) is 36.5 Å². The SMILES string of the molecule is CC1(C(=O)N2CC=C(c3c[nH]c4ccccc34)CC2)Cc2ccccc2C(=O)O1. The van der Waals surface area contributed by atoms with Crippen molar-refractivity contribution in [1.82, 2.24) is 9.88 Å². The maximum Gasteiger partial charge on any atom is 0.339 e. The lowest BCUT2D eigenvalue weighted by atomic mass is 9.88. The fourth-order valence-electron chi connectivity index (χ4n) is 4.42. The summed E-state index contributed by atoms with van der Waals surface area (Å²) in [7, 11) is 0. The van der Waals surface area contributed by atoms with Crippen LogP contribution in [-0.4, -0.2) is 40.5 Å². The number of carbonyl (C=O) groups is 2. The number of nitrogens with one attached hydrogen (secondary N) is 1. The topological polar surface area (TPSA) is 62.4 Å². The van der Waals surface area contributed by atoms with Crippen molar-refractivity contribution < 1.29 is 14.3 Å². The molecule has 1 aromatic heterocycles. The Labute approximate surface area is 169 Å². The van der Waals surface area contributed by atoms with Gasteiger partial charge in [-0.25, -0.2) is 4.79 Å². The zero-order chi connectivity index (χ0) is 20.0. The Hall–Kier alpha value is -3.34. The van der Waals surface area contributed by atoms with Crippen molar-refractivity contribution in [2.45, 2.75) is 25.4 Å². The van der Waals surface area contributed by atoms with E-state index in [9.17, 15) is 9.59 Å². The lowest BCUT2D eigenvalue weighted by Crippen LogP contribution is -2.54. The van der Waals surface area contributed by atoms with Gasteiger partial charge in [0.1, 0.15) is 0 Å². The first-order valence-electron chi connectivity index (χ1n) is 9.91. The first kappa shape index (κ1) is 17.7. The maximum absolute atomic E-state index is 13.2. The molecule has 2 aliphatic rings. The summed E-state index contributed by atoms with van der Waals surface area (Å²) in [5, 5.41) is 1.20. The summed E-state index contributed by atoms with van der Waals surface area (Å²) in [6.07, 6.45) is 5.32. The molecule has 0 aliphatic carbocycles. The quantitative estimate of drug-likeness (QED) is 0.678. The molecule has 0 saturated carbocycles. The van der Waals surface area contributed by atoms with Crippen LogP contribution in [0, 0.1) is 0 Å². The molecule has 0 saturated heterocycles. The van der Waals surface area contributed by atoms with E-state index in [-0.39, 0.29) is 5.91 Å². The number of amides is 1. The summed E-state index contributed by atoms with van der Waals surface area (Å²) in [6, 6.07) is 15.6. The highest BCUT2D eigenvalue weighted by atomic mass is 16.6. The number of esters is 1. The van der Waals surface area contributed by atoms with Gasteiger partial charge in [0.15, 0.2) is 5.60 Å². The van der Waals surface area contributed by atoms with Crippen LogP contribution in [-0.2, 0) is 16.0 Å². The fourth-order valence-corrected chi connectivity index (χ4v) is 4.42. The zero-order valence-corrected chi connectivity index (χ0v) is 16.3. The molecule has 146 valence electrons. The number of H-pyrrole nitrogens is 1. The van der Waals surface area contributed by atoms with E-state index in [1.54, 1.807) is 17.9 Å². The smallest absolute Gasteiger partial charge is 0.339 e. The number of ether oxygens (including phenoxy) is 1. The number of aromatic amines is 1. The third kappa shape index (κ3) is 2.94. The first-order valence-corrected chi connectivity index (χ1v) is 9.91. The van der Waals surface area contributed by atoms with Crippen LogP contribution in [0.1, 0.15) is 34.8 Å². The average molecular weight is 386 g/mol. The molecule has 2 aliphatic heterocycles. The molecule has 5 heteroatoms. The molecule has 5 rings (SSSR count). The summed E-state index contributed by atoms with van der Waals surface area (Å²) >= 11 is 0. The van der Waals surface area contributed by atoms with Crippen molar-refractivity contribution in [2.75, 3.05) is 13.1 Å². The Morgan fingerprint density at radius 2 is 1.90 bits per heavy atom. The number of aromatic nitrogens is 1. The van der Waals surface area contributed by atoms with E-state index in [0.717, 1.165) is 17.5 Å². The van der Waals surface area contributed by atoms with Gasteiger partial charge in [0.2, 0.25) is 0 Å². The molecule has 1 N–H and O–H groups in total. The van der Waals surface area contributed by atoms with E-state index in [2.05, 4.69) is 23.2 Å². The van der Waals surface area contributed by atoms with Crippen LogP contribution in [0.2, 0.25) is 0 Å². The predicted octanol–water partition coefficient (Wildman–Crippen LogP) is 3.96. The average Bonchev–Trinajstić information content (AvgIpc) is 3.17. The van der Waals surface area contributed by atoms with Gasteiger partial charge in [0.05, 0.1) is 5.56 Å². The summed E-state index contributed by atoms with van der Waals surface area (Å²) in [6.45, 7) is 2.85. The number of nitrogens with zero attached hydrogens (tertiary/aromatic N) is 1. The van der Waals surface area contributed by atoms with Gasteiger partial charge in [0, 0.05) is 42.2 Å². The van der Waals surface area contributed by atoms with Crippen molar-refractivity contribution in [3.63, 3.8) is 0 Å². The molecule has 0 radical (unpaired) electrons. The van der Waals surface area contributed by atoms with Crippen molar-refractivity contribution >= 4 is 28.4 Å². The number of hydrogen-bond acceptors (Lipinski definition) is 3. The Morgan fingerprint density at radius 3 is 2.72 bits per heavy atom. The largest absolute Gasteiger partial charge is 0.445 e. The number of fused-ring (bicyclic) bond motifs is 2. The number of cyclic esters (lactones) is 1. The van der Waals surface area contributed by atoms with Gasteiger partial charge in [-0.05, 0) is 36.6 Å². The summed E-state index contributed by atoms with van der Waals surface area (Å²) in [5.41, 5.74) is 3.81. The highest BCUT2D eigenvalue weighted by Crippen LogP contribution is 2.33. The molecule has 0 spiro atoms. The normalized spacial score (nSPS) is 21.5. The van der Waals surface area contributed by atoms with Gasteiger partial charge in [-0.1, -0.05) is 42.5 Å². The minimum Gasteiger partial charge on any atom is -0.445 e. The standard InChI is InChI=1S/C24H22N2O3/c1-24(14-17-6-2-3-7-18(17)22(27)29-24)23(28)26-12-10-16(11-13-26)20-15-25-21-9-5-4-8-19(20)21/h2-10,15,25H,11-14H2,1H3. The van der Waals surface area contributed by atoms with Crippen LogP contribution in [0.25, 0.3) is 16.5 Å². The molecule has 5 nitrogen and oxygen atoms in total. The van der Waals surface area contributed by atoms with Crippen LogP contribution in [0.3, 0.4) is 0 Å². The molecule has 3 heterocycles. The first-order chi connectivity index (χ1) is 14.0. The lowest BCUT2D eigenvalue weighted by molar-refractivity contribution is -0.150. The molecular weight excluding hydrogens is 364 g/mol. The molecule has 0 bridgehead atoms. The van der Waals surface area contributed by atoms with Gasteiger partial charge in [0.25, 0.3) is 5.91 Å². The second-order valence-corrected chi connectivity index (χ2v) is 7.93. The number of carbonyl (C=O) groups excluding carboxylic acids is 2. The molecule has 2 aromatic carbocycles. The molecular formula is C24H22N2O3. The predicted molar refractivity (Wildman–Crippen MR) is 111 cm³/mol. The number of para-hydroxylation sites is 1. The highest BCUT2D eigenvalue weighted by Gasteiger charge is 2.44. The van der Waals surface area contributed by atoms with Crippen molar-refractivity contribution in [1.29, 1.82) is 0 Å². The van der Waals surface area contributed by atoms with E-state index < -0.39 is 11.6 Å². The fraction of sp³-hybridized carbons (Fsp3) is 0.250. The molecule has 1 unspecified atom stereocenters. The van der Waals surface area contributed by atoms with Gasteiger partial charge >= 0.3 is 5.97 Å². The van der Waals surface area contributed by atoms with Gasteiger partial charge in [-0.15, -0.1) is 0 Å². The van der Waals surface area contributed by atoms with Gasteiger partial charge < -0.3 is 14.6 Å². The summed E-state index contributed by atoms with van der Waals surface area (Å²) < 4.78 is 5.62. The second kappa shape index (κ2) is 6.62. The van der Waals surface area contributed by atoms with Gasteiger partial charge in [-0.2, -0.15) is 0 Å². The van der Waals surface area contributed by atoms with Crippen LogP contribution >= 0.6 is 0 Å². The van der Waals surface area contributed by atoms with E-state index in [4.69, 9.17) is 4.74 Å². The molecule has 3 aromatic rings. The molecule has 0 fully saturated rings. The van der Waals surface area contributed by atoms with E-state index >= 15 is 0 Å². The third-order valence-electron chi connectivity index (χ3n) is 5.97. The highest BCUT2D eigenvalue weighted by molar-refractivity contribution is 5.98. The number of rotatable bonds is 2. The van der Waals surface area contributed by atoms with Crippen LogP contribution in [0.15, 0.2) is 60.8 Å². The Balaban J connectivity index is 1.37.